The predicted molar refractivity (Wildman–Crippen MR) is 112 cm³/mol. The average molecular weight is 437 g/mol. The van der Waals surface area contributed by atoms with Gasteiger partial charge in [0.05, 0.1) is 5.56 Å². The zero-order chi connectivity index (χ0) is 22.1. The summed E-state index contributed by atoms with van der Waals surface area (Å²) in [6, 6.07) is 5.30. The summed E-state index contributed by atoms with van der Waals surface area (Å²) < 4.78 is 38.9. The molecule has 0 bridgehead atoms. The molecule has 0 spiro atoms. The second kappa shape index (κ2) is 8.77. The molecule has 1 saturated carbocycles. The Morgan fingerprint density at radius 2 is 1.83 bits per heavy atom. The first-order valence-corrected chi connectivity index (χ1v) is 10.2. The first kappa shape index (κ1) is 22.3. The summed E-state index contributed by atoms with van der Waals surface area (Å²) in [5.41, 5.74) is 1.57. The van der Waals surface area contributed by atoms with Crippen LogP contribution in [0, 0.1) is 18.3 Å². The molecule has 1 aromatic carbocycles. The van der Waals surface area contributed by atoms with Gasteiger partial charge in [0.25, 0.3) is 0 Å². The van der Waals surface area contributed by atoms with E-state index in [-0.39, 0.29) is 17.7 Å². The molecule has 0 aromatic heterocycles. The minimum atomic E-state index is -4.38. The third-order valence-corrected chi connectivity index (χ3v) is 5.73. The van der Waals surface area contributed by atoms with Gasteiger partial charge in [0.1, 0.15) is 0 Å². The minimum Gasteiger partial charge on any atom is -0.367 e. The smallest absolute Gasteiger partial charge is 0.367 e. The van der Waals surface area contributed by atoms with Crippen LogP contribution in [0.5, 0.6) is 0 Å². The molecular formula is C23H24ClF3N2O. The number of allylic oxidation sites excluding steroid dienone is 3. The van der Waals surface area contributed by atoms with Gasteiger partial charge in [-0.3, -0.25) is 4.79 Å². The SMILES string of the molecule is C#C/C(C)=C(\C=C(/C)Cl)N1CCN(C(=O)[C@@H]2C[C@@H]2c2cccc(C(F)(F)F)c2)CC1. The van der Waals surface area contributed by atoms with Crippen LogP contribution in [-0.2, 0) is 11.0 Å². The molecule has 1 aromatic rings. The van der Waals surface area contributed by atoms with E-state index in [2.05, 4.69) is 10.8 Å². The molecule has 2 atom stereocenters. The zero-order valence-electron chi connectivity index (χ0n) is 17.0. The predicted octanol–water partition coefficient (Wildman–Crippen LogP) is 5.00. The topological polar surface area (TPSA) is 23.6 Å². The first-order chi connectivity index (χ1) is 14.1. The summed E-state index contributed by atoms with van der Waals surface area (Å²) in [5, 5.41) is 0.625. The number of halogens is 4. The van der Waals surface area contributed by atoms with Crippen LogP contribution in [0.3, 0.4) is 0 Å². The molecule has 7 heteroatoms. The van der Waals surface area contributed by atoms with Gasteiger partial charge in [-0.1, -0.05) is 35.7 Å². The molecule has 2 fully saturated rings. The maximum atomic E-state index is 13.0. The largest absolute Gasteiger partial charge is 0.416 e. The van der Waals surface area contributed by atoms with E-state index in [0.29, 0.717) is 43.2 Å². The molecule has 3 rings (SSSR count). The van der Waals surface area contributed by atoms with Crippen LogP contribution in [0.1, 0.15) is 37.3 Å². The third kappa shape index (κ3) is 5.02. The van der Waals surface area contributed by atoms with Gasteiger partial charge in [0.2, 0.25) is 5.91 Å². The highest BCUT2D eigenvalue weighted by Crippen LogP contribution is 2.49. The molecule has 160 valence electrons. The molecule has 1 amide bonds. The number of piperazine rings is 1. The second-order valence-electron chi connectivity index (χ2n) is 7.77. The van der Waals surface area contributed by atoms with E-state index in [1.54, 1.807) is 17.9 Å². The van der Waals surface area contributed by atoms with Crippen molar-refractivity contribution < 1.29 is 18.0 Å². The lowest BCUT2D eigenvalue weighted by Gasteiger charge is -2.37. The molecule has 1 heterocycles. The molecular weight excluding hydrogens is 413 g/mol. The fourth-order valence-corrected chi connectivity index (χ4v) is 3.99. The Morgan fingerprint density at radius 1 is 1.20 bits per heavy atom. The zero-order valence-corrected chi connectivity index (χ0v) is 17.7. The fraction of sp³-hybridized carbons (Fsp3) is 0.435. The van der Waals surface area contributed by atoms with E-state index >= 15 is 0 Å². The Labute approximate surface area is 180 Å². The molecule has 1 aliphatic heterocycles. The monoisotopic (exact) mass is 436 g/mol. The Kier molecular flexibility index (Phi) is 6.52. The molecule has 0 N–H and O–H groups in total. The molecule has 3 nitrogen and oxygen atoms in total. The molecule has 0 radical (unpaired) electrons. The van der Waals surface area contributed by atoms with Crippen molar-refractivity contribution in [3.8, 4) is 12.3 Å². The van der Waals surface area contributed by atoms with Crippen molar-refractivity contribution in [2.75, 3.05) is 26.2 Å². The highest BCUT2D eigenvalue weighted by atomic mass is 35.5. The number of hydrogen-bond donors (Lipinski definition) is 0. The number of hydrogen-bond acceptors (Lipinski definition) is 2. The molecule has 1 aliphatic carbocycles. The Balaban J connectivity index is 1.62. The quantitative estimate of drug-likeness (QED) is 0.489. The Morgan fingerprint density at radius 3 is 2.40 bits per heavy atom. The molecule has 30 heavy (non-hydrogen) atoms. The summed E-state index contributed by atoms with van der Waals surface area (Å²) in [6.45, 7) is 5.98. The van der Waals surface area contributed by atoms with Gasteiger partial charge in [-0.15, -0.1) is 6.42 Å². The summed E-state index contributed by atoms with van der Waals surface area (Å²) in [5.74, 6) is 2.27. The number of carbonyl (C=O) groups excluding carboxylic acids is 1. The van der Waals surface area contributed by atoms with E-state index in [1.165, 1.54) is 6.07 Å². The maximum absolute atomic E-state index is 13.0. The second-order valence-corrected chi connectivity index (χ2v) is 8.37. The van der Waals surface area contributed by atoms with E-state index < -0.39 is 11.7 Å². The van der Waals surface area contributed by atoms with Crippen LogP contribution >= 0.6 is 11.6 Å². The van der Waals surface area contributed by atoms with Gasteiger partial charge < -0.3 is 9.80 Å². The van der Waals surface area contributed by atoms with Gasteiger partial charge in [0, 0.05) is 48.4 Å². The number of amides is 1. The van der Waals surface area contributed by atoms with Crippen LogP contribution in [0.25, 0.3) is 0 Å². The van der Waals surface area contributed by atoms with Crippen molar-refractivity contribution in [2.24, 2.45) is 5.92 Å². The summed E-state index contributed by atoms with van der Waals surface area (Å²) in [6.07, 6.45) is 3.59. The lowest BCUT2D eigenvalue weighted by Crippen LogP contribution is -2.48. The average Bonchev–Trinajstić information content (AvgIpc) is 3.51. The standard InChI is InChI=1S/C23H24ClF3N2O/c1-4-15(2)21(12-16(3)24)28-8-10-29(11-9-28)22(30)20-14-19(20)17-6-5-7-18(13-17)23(25,26)27/h1,5-7,12-13,19-20H,8-11,14H2,2-3H3/b16-12+,21-15+/t19-,20-/m1/s1. The Hall–Kier alpha value is -2.39. The number of terminal acetylenes is 1. The van der Waals surface area contributed by atoms with Crippen LogP contribution in [0.2, 0.25) is 0 Å². The number of nitrogens with zero attached hydrogens (tertiary/aromatic N) is 2. The van der Waals surface area contributed by atoms with Gasteiger partial charge in [-0.05, 0) is 43.9 Å². The maximum Gasteiger partial charge on any atom is 0.416 e. The van der Waals surface area contributed by atoms with Crippen LogP contribution in [0.15, 0.2) is 46.6 Å². The van der Waals surface area contributed by atoms with E-state index in [4.69, 9.17) is 18.0 Å². The van der Waals surface area contributed by atoms with Gasteiger partial charge in [-0.2, -0.15) is 13.2 Å². The van der Waals surface area contributed by atoms with Crippen molar-refractivity contribution in [1.29, 1.82) is 0 Å². The van der Waals surface area contributed by atoms with Crippen molar-refractivity contribution in [1.82, 2.24) is 9.80 Å². The van der Waals surface area contributed by atoms with Crippen molar-refractivity contribution in [3.05, 3.63) is 57.8 Å². The van der Waals surface area contributed by atoms with Gasteiger partial charge in [-0.25, -0.2) is 0 Å². The summed E-state index contributed by atoms with van der Waals surface area (Å²) >= 11 is 6.03. The number of alkyl halides is 3. The van der Waals surface area contributed by atoms with Gasteiger partial charge in [0.15, 0.2) is 0 Å². The normalized spacial score (nSPS) is 23.0. The van der Waals surface area contributed by atoms with E-state index in [0.717, 1.165) is 23.4 Å². The molecule has 2 aliphatic rings. The molecule has 0 unspecified atom stereocenters. The van der Waals surface area contributed by atoms with Crippen LogP contribution in [-0.4, -0.2) is 41.9 Å². The minimum absolute atomic E-state index is 0.0142. The third-order valence-electron chi connectivity index (χ3n) is 5.62. The Bertz CT molecular complexity index is 917. The molecule has 1 saturated heterocycles. The number of carbonyl (C=O) groups is 1. The highest BCUT2D eigenvalue weighted by molar-refractivity contribution is 6.29. The highest BCUT2D eigenvalue weighted by Gasteiger charge is 2.46. The van der Waals surface area contributed by atoms with Crippen LogP contribution < -0.4 is 0 Å². The summed E-state index contributed by atoms with van der Waals surface area (Å²) in [4.78, 5) is 16.8. The lowest BCUT2D eigenvalue weighted by atomic mass is 10.0. The van der Waals surface area contributed by atoms with Gasteiger partial charge >= 0.3 is 6.18 Å². The number of benzene rings is 1. The summed E-state index contributed by atoms with van der Waals surface area (Å²) in [7, 11) is 0. The van der Waals surface area contributed by atoms with Crippen molar-refractivity contribution >= 4 is 17.5 Å². The van der Waals surface area contributed by atoms with E-state index in [9.17, 15) is 18.0 Å². The number of rotatable bonds is 4. The van der Waals surface area contributed by atoms with Crippen molar-refractivity contribution in [3.63, 3.8) is 0 Å². The van der Waals surface area contributed by atoms with Crippen molar-refractivity contribution in [2.45, 2.75) is 32.4 Å². The van der Waals surface area contributed by atoms with Crippen LogP contribution in [0.4, 0.5) is 13.2 Å². The first-order valence-electron chi connectivity index (χ1n) is 9.84. The lowest BCUT2D eigenvalue weighted by molar-refractivity contribution is -0.137. The fourth-order valence-electron chi connectivity index (χ4n) is 3.88. The van der Waals surface area contributed by atoms with E-state index in [1.807, 2.05) is 13.0 Å².